The second-order valence-electron chi connectivity index (χ2n) is 4.08. The van der Waals surface area contributed by atoms with Crippen LogP contribution in [0.4, 0.5) is 0 Å². The Labute approximate surface area is 104 Å². The SMILES string of the molecule is NC(Cc1cccs1)c1coc2ccccc12. The number of benzene rings is 1. The molecule has 0 saturated heterocycles. The van der Waals surface area contributed by atoms with Gasteiger partial charge in [-0.2, -0.15) is 0 Å². The van der Waals surface area contributed by atoms with Gasteiger partial charge in [-0.25, -0.2) is 0 Å². The summed E-state index contributed by atoms with van der Waals surface area (Å²) in [5, 5.41) is 3.20. The van der Waals surface area contributed by atoms with Gasteiger partial charge in [-0.1, -0.05) is 24.3 Å². The van der Waals surface area contributed by atoms with Crippen molar-refractivity contribution >= 4 is 22.3 Å². The molecule has 1 aromatic carbocycles. The Morgan fingerprint density at radius 3 is 2.88 bits per heavy atom. The smallest absolute Gasteiger partial charge is 0.134 e. The Hall–Kier alpha value is -1.58. The molecule has 0 aliphatic carbocycles. The summed E-state index contributed by atoms with van der Waals surface area (Å²) in [7, 11) is 0. The van der Waals surface area contributed by atoms with Gasteiger partial charge in [0.15, 0.2) is 0 Å². The average molecular weight is 243 g/mol. The number of hydrogen-bond acceptors (Lipinski definition) is 3. The van der Waals surface area contributed by atoms with Crippen molar-refractivity contribution in [3.8, 4) is 0 Å². The van der Waals surface area contributed by atoms with E-state index in [-0.39, 0.29) is 6.04 Å². The topological polar surface area (TPSA) is 39.2 Å². The third kappa shape index (κ3) is 1.99. The Morgan fingerprint density at radius 1 is 1.18 bits per heavy atom. The molecule has 3 aromatic rings. The van der Waals surface area contributed by atoms with E-state index in [9.17, 15) is 0 Å². The summed E-state index contributed by atoms with van der Waals surface area (Å²) in [6.45, 7) is 0. The van der Waals surface area contributed by atoms with Crippen molar-refractivity contribution in [1.29, 1.82) is 0 Å². The number of nitrogens with two attached hydrogens (primary N) is 1. The highest BCUT2D eigenvalue weighted by Crippen LogP contribution is 2.27. The zero-order chi connectivity index (χ0) is 11.7. The third-order valence-electron chi connectivity index (χ3n) is 2.91. The molecule has 1 atom stereocenters. The fraction of sp³-hybridized carbons (Fsp3) is 0.143. The molecular weight excluding hydrogens is 230 g/mol. The number of thiophene rings is 1. The van der Waals surface area contributed by atoms with E-state index in [1.807, 2.05) is 18.2 Å². The Bertz CT molecular complexity index is 612. The quantitative estimate of drug-likeness (QED) is 0.761. The molecule has 0 amide bonds. The van der Waals surface area contributed by atoms with Crippen LogP contribution in [0.3, 0.4) is 0 Å². The highest BCUT2D eigenvalue weighted by molar-refractivity contribution is 7.09. The summed E-state index contributed by atoms with van der Waals surface area (Å²) in [6, 6.07) is 12.2. The molecule has 0 spiro atoms. The van der Waals surface area contributed by atoms with E-state index in [4.69, 9.17) is 10.2 Å². The van der Waals surface area contributed by atoms with Crippen LogP contribution in [0.1, 0.15) is 16.5 Å². The van der Waals surface area contributed by atoms with Gasteiger partial charge in [0, 0.05) is 28.3 Å². The largest absolute Gasteiger partial charge is 0.464 e. The third-order valence-corrected chi connectivity index (χ3v) is 3.81. The molecule has 3 heteroatoms. The first kappa shape index (κ1) is 10.6. The number of rotatable bonds is 3. The molecule has 86 valence electrons. The van der Waals surface area contributed by atoms with E-state index in [0.717, 1.165) is 23.0 Å². The van der Waals surface area contributed by atoms with E-state index in [0.29, 0.717) is 0 Å². The predicted molar refractivity (Wildman–Crippen MR) is 71.2 cm³/mol. The lowest BCUT2D eigenvalue weighted by molar-refractivity contribution is 0.600. The van der Waals surface area contributed by atoms with Gasteiger partial charge in [0.1, 0.15) is 5.58 Å². The van der Waals surface area contributed by atoms with Crippen LogP contribution >= 0.6 is 11.3 Å². The van der Waals surface area contributed by atoms with Crippen LogP contribution in [0.25, 0.3) is 11.0 Å². The Morgan fingerprint density at radius 2 is 2.06 bits per heavy atom. The van der Waals surface area contributed by atoms with Gasteiger partial charge >= 0.3 is 0 Å². The van der Waals surface area contributed by atoms with Gasteiger partial charge in [-0.15, -0.1) is 11.3 Å². The van der Waals surface area contributed by atoms with E-state index in [1.54, 1.807) is 17.6 Å². The molecule has 0 radical (unpaired) electrons. The summed E-state index contributed by atoms with van der Waals surface area (Å²) in [6.07, 6.45) is 2.64. The maximum absolute atomic E-state index is 6.24. The molecule has 2 aromatic heterocycles. The summed E-state index contributed by atoms with van der Waals surface area (Å²) in [5.74, 6) is 0. The number of hydrogen-bond donors (Lipinski definition) is 1. The average Bonchev–Trinajstić information content (AvgIpc) is 2.96. The molecule has 0 bridgehead atoms. The fourth-order valence-corrected chi connectivity index (χ4v) is 2.81. The van der Waals surface area contributed by atoms with Crippen molar-refractivity contribution in [3.63, 3.8) is 0 Å². The monoisotopic (exact) mass is 243 g/mol. The van der Waals surface area contributed by atoms with E-state index in [2.05, 4.69) is 23.6 Å². The minimum atomic E-state index is -0.00250. The Balaban J connectivity index is 1.93. The van der Waals surface area contributed by atoms with Crippen LogP contribution in [-0.2, 0) is 6.42 Å². The first-order chi connectivity index (χ1) is 8.34. The normalized spacial score (nSPS) is 13.0. The molecule has 2 N–H and O–H groups in total. The second kappa shape index (κ2) is 4.35. The van der Waals surface area contributed by atoms with Crippen molar-refractivity contribution in [2.75, 3.05) is 0 Å². The summed E-state index contributed by atoms with van der Waals surface area (Å²) in [5.41, 5.74) is 8.24. The number of para-hydroxylation sites is 1. The summed E-state index contributed by atoms with van der Waals surface area (Å²) < 4.78 is 5.51. The van der Waals surface area contributed by atoms with Gasteiger partial charge in [0.2, 0.25) is 0 Å². The maximum Gasteiger partial charge on any atom is 0.134 e. The Kier molecular flexibility index (Phi) is 2.71. The molecular formula is C14H13NOS. The lowest BCUT2D eigenvalue weighted by Gasteiger charge is -2.08. The fourth-order valence-electron chi connectivity index (χ4n) is 2.04. The minimum absolute atomic E-state index is 0.00250. The van der Waals surface area contributed by atoms with Gasteiger partial charge < -0.3 is 10.2 Å². The van der Waals surface area contributed by atoms with E-state index in [1.165, 1.54) is 4.88 Å². The van der Waals surface area contributed by atoms with Crippen molar-refractivity contribution in [3.05, 3.63) is 58.5 Å². The first-order valence-electron chi connectivity index (χ1n) is 5.58. The molecule has 0 aliphatic rings. The van der Waals surface area contributed by atoms with Crippen LogP contribution in [0.2, 0.25) is 0 Å². The first-order valence-corrected chi connectivity index (χ1v) is 6.46. The van der Waals surface area contributed by atoms with Gasteiger partial charge in [0.05, 0.1) is 6.26 Å². The molecule has 2 heterocycles. The van der Waals surface area contributed by atoms with Crippen molar-refractivity contribution in [2.45, 2.75) is 12.5 Å². The molecule has 3 rings (SSSR count). The molecule has 0 fully saturated rings. The molecule has 2 nitrogen and oxygen atoms in total. The predicted octanol–water partition coefficient (Wildman–Crippen LogP) is 3.74. The highest BCUT2D eigenvalue weighted by Gasteiger charge is 2.13. The lowest BCUT2D eigenvalue weighted by Crippen LogP contribution is -2.11. The highest BCUT2D eigenvalue weighted by atomic mass is 32.1. The van der Waals surface area contributed by atoms with Gasteiger partial charge in [-0.05, 0) is 17.5 Å². The zero-order valence-electron chi connectivity index (χ0n) is 9.30. The van der Waals surface area contributed by atoms with Crippen LogP contribution in [0.15, 0.2) is 52.5 Å². The molecule has 0 aliphatic heterocycles. The number of fused-ring (bicyclic) bond motifs is 1. The molecule has 17 heavy (non-hydrogen) atoms. The minimum Gasteiger partial charge on any atom is -0.464 e. The number of furan rings is 1. The van der Waals surface area contributed by atoms with Crippen molar-refractivity contribution < 1.29 is 4.42 Å². The molecule has 0 saturated carbocycles. The summed E-state index contributed by atoms with van der Waals surface area (Å²) in [4.78, 5) is 1.31. The van der Waals surface area contributed by atoms with Crippen LogP contribution in [0, 0.1) is 0 Å². The maximum atomic E-state index is 6.24. The zero-order valence-corrected chi connectivity index (χ0v) is 10.1. The van der Waals surface area contributed by atoms with E-state index >= 15 is 0 Å². The van der Waals surface area contributed by atoms with Gasteiger partial charge in [0.25, 0.3) is 0 Å². The van der Waals surface area contributed by atoms with E-state index < -0.39 is 0 Å². The lowest BCUT2D eigenvalue weighted by atomic mass is 10.0. The summed E-state index contributed by atoms with van der Waals surface area (Å²) >= 11 is 1.74. The van der Waals surface area contributed by atoms with Crippen LogP contribution < -0.4 is 5.73 Å². The van der Waals surface area contributed by atoms with Gasteiger partial charge in [-0.3, -0.25) is 0 Å². The van der Waals surface area contributed by atoms with Crippen LogP contribution in [0.5, 0.6) is 0 Å². The second-order valence-corrected chi connectivity index (χ2v) is 5.11. The standard InChI is InChI=1S/C14H13NOS/c15-13(8-10-4-3-7-17-10)12-9-16-14-6-2-1-5-11(12)14/h1-7,9,13H,8,15H2. The van der Waals surface area contributed by atoms with Crippen molar-refractivity contribution in [2.24, 2.45) is 5.73 Å². The van der Waals surface area contributed by atoms with Crippen molar-refractivity contribution in [1.82, 2.24) is 0 Å². The van der Waals surface area contributed by atoms with Crippen LogP contribution in [-0.4, -0.2) is 0 Å². The molecule has 1 unspecified atom stereocenters.